The molecule has 0 saturated carbocycles. The Balaban J connectivity index is 1.76. The maximum absolute atomic E-state index is 12.3. The van der Waals surface area contributed by atoms with Gasteiger partial charge in [-0.05, 0) is 55.3 Å². The van der Waals surface area contributed by atoms with E-state index in [1.807, 2.05) is 19.1 Å². The molecule has 6 heteroatoms. The average Bonchev–Trinajstić information content (AvgIpc) is 2.61. The number of benzene rings is 2. The van der Waals surface area contributed by atoms with Gasteiger partial charge in [-0.3, -0.25) is 4.72 Å². The smallest absolute Gasteiger partial charge is 0.261 e. The molecule has 0 fully saturated rings. The lowest BCUT2D eigenvalue weighted by Crippen LogP contribution is -2.13. The number of pyridine rings is 1. The van der Waals surface area contributed by atoms with Crippen molar-refractivity contribution in [2.75, 3.05) is 10.0 Å². The Hall–Kier alpha value is -2.86. The predicted octanol–water partition coefficient (Wildman–Crippen LogP) is 4.24. The maximum Gasteiger partial charge on any atom is 0.261 e. The van der Waals surface area contributed by atoms with Crippen molar-refractivity contribution >= 4 is 27.2 Å². The van der Waals surface area contributed by atoms with Crippen molar-refractivity contribution < 1.29 is 8.42 Å². The number of sulfonamides is 1. The first-order chi connectivity index (χ1) is 12.0. The highest BCUT2D eigenvalue weighted by atomic mass is 32.2. The molecule has 128 valence electrons. The Kier molecular flexibility index (Phi) is 4.72. The number of aryl methyl sites for hydroxylation is 1. The molecule has 2 aromatic carbocycles. The zero-order valence-corrected chi connectivity index (χ0v) is 14.8. The molecule has 3 rings (SSSR count). The van der Waals surface area contributed by atoms with E-state index in [9.17, 15) is 8.42 Å². The highest BCUT2D eigenvalue weighted by Gasteiger charge is 2.13. The number of nitrogens with zero attached hydrogens (tertiary/aromatic N) is 1. The van der Waals surface area contributed by atoms with Crippen LogP contribution in [0.15, 0.2) is 71.8 Å². The van der Waals surface area contributed by atoms with E-state index in [1.165, 1.54) is 11.8 Å². The molecule has 3 aromatic rings. The number of hydrogen-bond donors (Lipinski definition) is 2. The van der Waals surface area contributed by atoms with Gasteiger partial charge in [0.1, 0.15) is 5.82 Å². The fourth-order valence-corrected chi connectivity index (χ4v) is 3.43. The minimum atomic E-state index is -3.61. The first-order valence-electron chi connectivity index (χ1n) is 7.83. The quantitative estimate of drug-likeness (QED) is 0.719. The van der Waals surface area contributed by atoms with Gasteiger partial charge in [-0.1, -0.05) is 30.3 Å². The van der Waals surface area contributed by atoms with E-state index in [0.29, 0.717) is 11.5 Å². The van der Waals surface area contributed by atoms with Crippen LogP contribution in [-0.4, -0.2) is 13.4 Å². The van der Waals surface area contributed by atoms with Crippen LogP contribution in [0.4, 0.5) is 17.2 Å². The fourth-order valence-electron chi connectivity index (χ4n) is 2.37. The monoisotopic (exact) mass is 353 g/mol. The van der Waals surface area contributed by atoms with Gasteiger partial charge in [0.25, 0.3) is 10.0 Å². The van der Waals surface area contributed by atoms with Crippen LogP contribution in [0.25, 0.3) is 0 Å². The van der Waals surface area contributed by atoms with Gasteiger partial charge in [-0.15, -0.1) is 0 Å². The van der Waals surface area contributed by atoms with Gasteiger partial charge in [0, 0.05) is 5.69 Å². The summed E-state index contributed by atoms with van der Waals surface area (Å²) in [6, 6.07) is 17.7. The molecule has 0 aliphatic carbocycles. The molecule has 0 aliphatic rings. The summed E-state index contributed by atoms with van der Waals surface area (Å²) in [7, 11) is -3.61. The first-order valence-corrected chi connectivity index (χ1v) is 9.31. The van der Waals surface area contributed by atoms with Crippen LogP contribution in [-0.2, 0) is 10.0 Å². The second kappa shape index (κ2) is 6.94. The molecular weight excluding hydrogens is 334 g/mol. The van der Waals surface area contributed by atoms with Crippen LogP contribution >= 0.6 is 0 Å². The predicted molar refractivity (Wildman–Crippen MR) is 101 cm³/mol. The molecule has 0 aliphatic heterocycles. The van der Waals surface area contributed by atoms with E-state index >= 15 is 0 Å². The molecule has 2 N–H and O–H groups in total. The zero-order chi connectivity index (χ0) is 17.9. The normalized spacial score (nSPS) is 11.1. The number of anilines is 3. The van der Waals surface area contributed by atoms with E-state index in [0.717, 1.165) is 11.3 Å². The van der Waals surface area contributed by atoms with Crippen molar-refractivity contribution in [2.24, 2.45) is 0 Å². The molecular formula is C19H19N3O2S. The minimum absolute atomic E-state index is 0.215. The topological polar surface area (TPSA) is 71.1 Å². The molecule has 0 atom stereocenters. The molecule has 0 bridgehead atoms. The van der Waals surface area contributed by atoms with Gasteiger partial charge >= 0.3 is 0 Å². The lowest BCUT2D eigenvalue weighted by atomic mass is 10.1. The largest absolute Gasteiger partial charge is 0.340 e. The third-order valence-electron chi connectivity index (χ3n) is 3.94. The Bertz CT molecular complexity index is 969. The van der Waals surface area contributed by atoms with Gasteiger partial charge in [-0.2, -0.15) is 0 Å². The third kappa shape index (κ3) is 3.97. The fraction of sp³-hybridized carbons (Fsp3) is 0.105. The molecule has 25 heavy (non-hydrogen) atoms. The summed E-state index contributed by atoms with van der Waals surface area (Å²) in [5.74, 6) is 0.649. The molecule has 1 heterocycles. The summed E-state index contributed by atoms with van der Waals surface area (Å²) in [5.41, 5.74) is 3.73. The second-order valence-electron chi connectivity index (χ2n) is 5.72. The molecule has 0 spiro atoms. The van der Waals surface area contributed by atoms with Crippen molar-refractivity contribution in [3.63, 3.8) is 0 Å². The van der Waals surface area contributed by atoms with Crippen LogP contribution in [0.2, 0.25) is 0 Å². The van der Waals surface area contributed by atoms with Crippen molar-refractivity contribution in [2.45, 2.75) is 18.7 Å². The van der Waals surface area contributed by atoms with Gasteiger partial charge in [0.2, 0.25) is 0 Å². The Labute approximate surface area is 147 Å². The summed E-state index contributed by atoms with van der Waals surface area (Å²) >= 11 is 0. The number of hydrogen-bond acceptors (Lipinski definition) is 4. The molecule has 5 nitrogen and oxygen atoms in total. The average molecular weight is 353 g/mol. The highest BCUT2D eigenvalue weighted by molar-refractivity contribution is 7.92. The summed E-state index contributed by atoms with van der Waals surface area (Å²) in [6.07, 6.45) is 1.49. The van der Waals surface area contributed by atoms with Crippen molar-refractivity contribution in [3.8, 4) is 0 Å². The Morgan fingerprint density at radius 2 is 1.64 bits per heavy atom. The zero-order valence-electron chi connectivity index (χ0n) is 14.0. The van der Waals surface area contributed by atoms with Crippen LogP contribution in [0.1, 0.15) is 11.1 Å². The van der Waals surface area contributed by atoms with E-state index in [4.69, 9.17) is 0 Å². The number of nitrogens with one attached hydrogen (secondary N) is 2. The molecule has 0 amide bonds. The summed E-state index contributed by atoms with van der Waals surface area (Å²) in [6.45, 7) is 4.09. The maximum atomic E-state index is 12.3. The van der Waals surface area contributed by atoms with Gasteiger partial charge in [0.05, 0.1) is 16.8 Å². The lowest BCUT2D eigenvalue weighted by molar-refractivity contribution is 0.601. The van der Waals surface area contributed by atoms with E-state index in [2.05, 4.69) is 28.0 Å². The third-order valence-corrected chi connectivity index (χ3v) is 5.33. The van der Waals surface area contributed by atoms with Crippen LogP contribution in [0.3, 0.4) is 0 Å². The van der Waals surface area contributed by atoms with Crippen LogP contribution < -0.4 is 10.0 Å². The van der Waals surface area contributed by atoms with Crippen molar-refractivity contribution in [1.82, 2.24) is 4.98 Å². The summed E-state index contributed by atoms with van der Waals surface area (Å²) in [5, 5.41) is 3.25. The van der Waals surface area contributed by atoms with E-state index in [-0.39, 0.29) is 4.90 Å². The van der Waals surface area contributed by atoms with Crippen LogP contribution in [0, 0.1) is 13.8 Å². The van der Waals surface area contributed by atoms with Crippen molar-refractivity contribution in [3.05, 3.63) is 78.0 Å². The number of rotatable bonds is 5. The van der Waals surface area contributed by atoms with Gasteiger partial charge in [-0.25, -0.2) is 13.4 Å². The van der Waals surface area contributed by atoms with Gasteiger partial charge in [0.15, 0.2) is 0 Å². The Morgan fingerprint density at radius 3 is 2.32 bits per heavy atom. The van der Waals surface area contributed by atoms with Crippen LogP contribution in [0.5, 0.6) is 0 Å². The van der Waals surface area contributed by atoms with Crippen molar-refractivity contribution in [1.29, 1.82) is 0 Å². The van der Waals surface area contributed by atoms with E-state index < -0.39 is 10.0 Å². The first kappa shape index (κ1) is 17.0. The Morgan fingerprint density at radius 1 is 0.880 bits per heavy atom. The second-order valence-corrected chi connectivity index (χ2v) is 7.41. The van der Waals surface area contributed by atoms with E-state index in [1.54, 1.807) is 42.5 Å². The highest BCUT2D eigenvalue weighted by Crippen LogP contribution is 2.23. The SMILES string of the molecule is Cc1cccc(Nc2ccc(NS(=O)(=O)c3ccccc3)cn2)c1C. The molecule has 0 saturated heterocycles. The summed E-state index contributed by atoms with van der Waals surface area (Å²) in [4.78, 5) is 4.50. The minimum Gasteiger partial charge on any atom is -0.340 e. The lowest BCUT2D eigenvalue weighted by Gasteiger charge is -2.12. The standard InChI is InChI=1S/C19H19N3O2S/c1-14-7-6-10-18(15(14)2)21-19-12-11-16(13-20-19)22-25(23,24)17-8-4-3-5-9-17/h3-13,22H,1-2H3,(H,20,21). The number of aromatic nitrogens is 1. The summed E-state index contributed by atoms with van der Waals surface area (Å²) < 4.78 is 27.1. The molecule has 0 unspecified atom stereocenters. The molecule has 1 aromatic heterocycles. The molecule has 0 radical (unpaired) electrons. The van der Waals surface area contributed by atoms with Gasteiger partial charge < -0.3 is 5.32 Å².